The predicted molar refractivity (Wildman–Crippen MR) is 74.8 cm³/mol. The second-order valence-corrected chi connectivity index (χ2v) is 5.17. The van der Waals surface area contributed by atoms with Crippen molar-refractivity contribution in [3.63, 3.8) is 0 Å². The molecule has 1 aliphatic rings. The Morgan fingerprint density at radius 3 is 2.61 bits per heavy atom. The van der Waals surface area contributed by atoms with Crippen LogP contribution in [0.3, 0.4) is 0 Å². The highest BCUT2D eigenvalue weighted by Gasteiger charge is 2.34. The van der Waals surface area contributed by atoms with E-state index >= 15 is 0 Å². The quantitative estimate of drug-likeness (QED) is 0.778. The van der Waals surface area contributed by atoms with Crippen molar-refractivity contribution >= 4 is 11.6 Å². The number of methoxy groups -OCH3 is 1. The Morgan fingerprint density at radius 1 is 1.33 bits per heavy atom. The zero-order chi connectivity index (χ0) is 13.0. The predicted octanol–water partition coefficient (Wildman–Crippen LogP) is 3.54. The van der Waals surface area contributed by atoms with Gasteiger partial charge in [-0.25, -0.2) is 0 Å². The number of ether oxygens (including phenoxy) is 2. The minimum Gasteiger partial charge on any atom is -0.496 e. The zero-order valence-electron chi connectivity index (χ0n) is 11.2. The third-order valence-electron chi connectivity index (χ3n) is 3.98. The molecular formula is C15H21ClO2. The average Bonchev–Trinajstić information content (AvgIpc) is 2.47. The fraction of sp³-hybridized carbons (Fsp3) is 0.600. The molecule has 0 spiro atoms. The van der Waals surface area contributed by atoms with Crippen LogP contribution in [0.15, 0.2) is 18.2 Å². The number of benzene rings is 1. The van der Waals surface area contributed by atoms with Crippen molar-refractivity contribution in [3.8, 4) is 5.75 Å². The van der Waals surface area contributed by atoms with Crippen LogP contribution in [0, 0.1) is 0 Å². The van der Waals surface area contributed by atoms with Gasteiger partial charge in [0.15, 0.2) is 0 Å². The van der Waals surface area contributed by atoms with Crippen molar-refractivity contribution in [1.82, 2.24) is 0 Å². The molecule has 1 saturated heterocycles. The lowest BCUT2D eigenvalue weighted by Gasteiger charge is -2.36. The summed E-state index contributed by atoms with van der Waals surface area (Å²) in [5.74, 6) is 1.63. The molecule has 1 aliphatic heterocycles. The number of alkyl halides is 1. The van der Waals surface area contributed by atoms with Crippen molar-refractivity contribution in [2.45, 2.75) is 31.6 Å². The topological polar surface area (TPSA) is 18.5 Å². The van der Waals surface area contributed by atoms with Crippen molar-refractivity contribution in [1.29, 1.82) is 0 Å². The summed E-state index contributed by atoms with van der Waals surface area (Å²) in [6.07, 6.45) is 2.99. The molecule has 1 aromatic carbocycles. The normalized spacial score (nSPS) is 18.6. The fourth-order valence-electron chi connectivity index (χ4n) is 2.65. The highest BCUT2D eigenvalue weighted by atomic mass is 35.5. The van der Waals surface area contributed by atoms with E-state index in [0.29, 0.717) is 5.88 Å². The first kappa shape index (κ1) is 13.7. The summed E-state index contributed by atoms with van der Waals surface area (Å²) >= 11 is 6.25. The van der Waals surface area contributed by atoms with E-state index in [1.54, 1.807) is 7.11 Å². The van der Waals surface area contributed by atoms with E-state index in [9.17, 15) is 0 Å². The van der Waals surface area contributed by atoms with Crippen molar-refractivity contribution < 1.29 is 9.47 Å². The molecule has 18 heavy (non-hydrogen) atoms. The van der Waals surface area contributed by atoms with Gasteiger partial charge < -0.3 is 9.47 Å². The second-order valence-electron chi connectivity index (χ2n) is 4.91. The Balaban J connectivity index is 2.36. The van der Waals surface area contributed by atoms with E-state index < -0.39 is 0 Å². The lowest BCUT2D eigenvalue weighted by Crippen LogP contribution is -2.35. The summed E-state index contributed by atoms with van der Waals surface area (Å²) in [5, 5.41) is 0. The Bertz CT molecular complexity index is 397. The molecule has 100 valence electrons. The summed E-state index contributed by atoms with van der Waals surface area (Å²) in [4.78, 5) is 0. The van der Waals surface area contributed by atoms with Gasteiger partial charge in [-0.2, -0.15) is 0 Å². The molecule has 0 N–H and O–H groups in total. The average molecular weight is 269 g/mol. The minimum atomic E-state index is 0.0794. The molecule has 1 aromatic rings. The number of hydrogen-bond donors (Lipinski definition) is 0. The van der Waals surface area contributed by atoms with Gasteiger partial charge in [-0.15, -0.1) is 11.6 Å². The summed E-state index contributed by atoms with van der Waals surface area (Å²) in [7, 11) is 1.72. The summed E-state index contributed by atoms with van der Waals surface area (Å²) < 4.78 is 10.9. The monoisotopic (exact) mass is 268 g/mol. The van der Waals surface area contributed by atoms with Gasteiger partial charge in [-0.3, -0.25) is 0 Å². The van der Waals surface area contributed by atoms with Gasteiger partial charge in [0.1, 0.15) is 5.75 Å². The molecule has 0 saturated carbocycles. The Labute approximate surface area is 114 Å². The Morgan fingerprint density at radius 2 is 2.06 bits per heavy atom. The van der Waals surface area contributed by atoms with Gasteiger partial charge in [0.2, 0.25) is 0 Å². The van der Waals surface area contributed by atoms with Crippen LogP contribution < -0.4 is 4.74 Å². The van der Waals surface area contributed by atoms with Gasteiger partial charge in [0, 0.05) is 24.5 Å². The summed E-state index contributed by atoms with van der Waals surface area (Å²) in [6, 6.07) is 6.48. The number of hydrogen-bond acceptors (Lipinski definition) is 2. The molecule has 0 aromatic heterocycles. The SMILES string of the molecule is CCc1cc(C2(CCl)CCOCC2)ccc1OC. The number of aryl methyl sites for hydroxylation is 1. The molecule has 0 amide bonds. The molecule has 0 unspecified atom stereocenters. The van der Waals surface area contributed by atoms with Crippen molar-refractivity contribution in [3.05, 3.63) is 29.3 Å². The second kappa shape index (κ2) is 5.94. The fourth-order valence-corrected chi connectivity index (χ4v) is 3.07. The first-order valence-corrected chi connectivity index (χ1v) is 7.10. The van der Waals surface area contributed by atoms with Crippen molar-refractivity contribution in [2.24, 2.45) is 0 Å². The standard InChI is InChI=1S/C15H21ClO2/c1-3-12-10-13(4-5-14(12)17-2)15(11-16)6-8-18-9-7-15/h4-5,10H,3,6-9,11H2,1-2H3. The highest BCUT2D eigenvalue weighted by Crippen LogP contribution is 2.37. The molecule has 0 atom stereocenters. The lowest BCUT2D eigenvalue weighted by atomic mass is 9.75. The van der Waals surface area contributed by atoms with E-state index in [0.717, 1.165) is 38.2 Å². The summed E-state index contributed by atoms with van der Waals surface area (Å²) in [6.45, 7) is 3.76. The van der Waals surface area contributed by atoms with Crippen LogP contribution in [0.5, 0.6) is 5.75 Å². The van der Waals surface area contributed by atoms with E-state index in [-0.39, 0.29) is 5.41 Å². The Kier molecular flexibility index (Phi) is 4.52. The molecular weight excluding hydrogens is 248 g/mol. The van der Waals surface area contributed by atoms with Gasteiger partial charge in [-0.1, -0.05) is 19.1 Å². The molecule has 0 bridgehead atoms. The van der Waals surface area contributed by atoms with E-state index in [1.807, 2.05) is 0 Å². The maximum Gasteiger partial charge on any atom is 0.122 e. The van der Waals surface area contributed by atoms with E-state index in [4.69, 9.17) is 21.1 Å². The molecule has 1 heterocycles. The largest absolute Gasteiger partial charge is 0.496 e. The summed E-state index contributed by atoms with van der Waals surface area (Å²) in [5.41, 5.74) is 2.67. The first-order chi connectivity index (χ1) is 8.75. The van der Waals surface area contributed by atoms with Crippen molar-refractivity contribution in [2.75, 3.05) is 26.2 Å². The third kappa shape index (κ3) is 2.50. The molecule has 2 nitrogen and oxygen atoms in total. The van der Waals surface area contributed by atoms with E-state index in [1.165, 1.54) is 11.1 Å². The molecule has 0 aliphatic carbocycles. The maximum absolute atomic E-state index is 6.25. The number of rotatable bonds is 4. The highest BCUT2D eigenvalue weighted by molar-refractivity contribution is 6.18. The molecule has 2 rings (SSSR count). The van der Waals surface area contributed by atoms with Crippen LogP contribution in [0.4, 0.5) is 0 Å². The van der Waals surface area contributed by atoms with Gasteiger partial charge in [0.05, 0.1) is 7.11 Å². The van der Waals surface area contributed by atoms with Crippen LogP contribution in [0.25, 0.3) is 0 Å². The third-order valence-corrected chi connectivity index (χ3v) is 4.49. The lowest BCUT2D eigenvalue weighted by molar-refractivity contribution is 0.0575. The smallest absolute Gasteiger partial charge is 0.122 e. The Hall–Kier alpha value is -0.730. The first-order valence-electron chi connectivity index (χ1n) is 6.57. The maximum atomic E-state index is 6.25. The van der Waals surface area contributed by atoms with Crippen LogP contribution >= 0.6 is 11.6 Å². The van der Waals surface area contributed by atoms with Crippen LogP contribution in [0.1, 0.15) is 30.9 Å². The van der Waals surface area contributed by atoms with Crippen LogP contribution in [-0.4, -0.2) is 26.2 Å². The van der Waals surface area contributed by atoms with Gasteiger partial charge in [0.25, 0.3) is 0 Å². The zero-order valence-corrected chi connectivity index (χ0v) is 11.9. The van der Waals surface area contributed by atoms with E-state index in [2.05, 4.69) is 25.1 Å². The molecule has 3 heteroatoms. The van der Waals surface area contributed by atoms with Gasteiger partial charge in [-0.05, 0) is 36.5 Å². The molecule has 1 fully saturated rings. The van der Waals surface area contributed by atoms with Gasteiger partial charge >= 0.3 is 0 Å². The number of halogens is 1. The van der Waals surface area contributed by atoms with Crippen LogP contribution in [-0.2, 0) is 16.6 Å². The molecule has 0 radical (unpaired) electrons. The minimum absolute atomic E-state index is 0.0794. The van der Waals surface area contributed by atoms with Crippen LogP contribution in [0.2, 0.25) is 0 Å².